The van der Waals surface area contributed by atoms with Gasteiger partial charge < -0.3 is 10.2 Å². The molecule has 0 aliphatic rings. The Kier molecular flexibility index (Phi) is 8.20. The summed E-state index contributed by atoms with van der Waals surface area (Å²) in [5, 5.41) is 4.39. The van der Waals surface area contributed by atoms with Gasteiger partial charge in [-0.1, -0.05) is 51.4 Å². The van der Waals surface area contributed by atoms with Crippen LogP contribution in [-0.2, 0) is 0 Å². The molecule has 0 amide bonds. The van der Waals surface area contributed by atoms with E-state index in [9.17, 15) is 0 Å². The van der Waals surface area contributed by atoms with E-state index in [-0.39, 0.29) is 0 Å². The molecule has 0 bridgehead atoms. The average Bonchev–Trinajstić information content (AvgIpc) is 2.41. The van der Waals surface area contributed by atoms with Crippen molar-refractivity contribution in [3.63, 3.8) is 0 Å². The van der Waals surface area contributed by atoms with E-state index < -0.39 is 0 Å². The van der Waals surface area contributed by atoms with E-state index in [1.165, 1.54) is 12.1 Å². The maximum atomic E-state index is 6.11. The highest BCUT2D eigenvalue weighted by atomic mass is 35.5. The number of hydrogen-bond donors (Lipinski definition) is 1. The van der Waals surface area contributed by atoms with E-state index in [4.69, 9.17) is 11.6 Å². The molecule has 1 N–H and O–H groups in total. The molecule has 1 atom stereocenters. The van der Waals surface area contributed by atoms with Gasteiger partial charge in [-0.3, -0.25) is 0 Å². The number of halogens is 1. The van der Waals surface area contributed by atoms with Gasteiger partial charge in [0, 0.05) is 17.6 Å². The van der Waals surface area contributed by atoms with E-state index in [0.717, 1.165) is 37.0 Å². The lowest BCUT2D eigenvalue weighted by atomic mass is 10.0. The molecule has 1 rings (SSSR count). The molecular formula is C17H29ClN2. The van der Waals surface area contributed by atoms with Crippen LogP contribution in [0.2, 0.25) is 5.02 Å². The molecule has 1 unspecified atom stereocenters. The lowest BCUT2D eigenvalue weighted by Crippen LogP contribution is -2.32. The third kappa shape index (κ3) is 6.25. The zero-order valence-electron chi connectivity index (χ0n) is 13.3. The van der Waals surface area contributed by atoms with Crippen LogP contribution in [0.4, 0.5) is 0 Å². The molecule has 0 spiro atoms. The van der Waals surface area contributed by atoms with Crippen molar-refractivity contribution in [3.05, 3.63) is 34.9 Å². The Bertz CT molecular complexity index is 379. The summed E-state index contributed by atoms with van der Waals surface area (Å²) in [5.74, 6) is 0.721. The van der Waals surface area contributed by atoms with Crippen LogP contribution in [0.5, 0.6) is 0 Å². The van der Waals surface area contributed by atoms with Crippen LogP contribution < -0.4 is 5.32 Å². The van der Waals surface area contributed by atoms with Crippen molar-refractivity contribution >= 4 is 11.6 Å². The van der Waals surface area contributed by atoms with Crippen molar-refractivity contribution in [2.75, 3.05) is 26.2 Å². The Morgan fingerprint density at radius 1 is 1.25 bits per heavy atom. The fraction of sp³-hybridized carbons (Fsp3) is 0.647. The van der Waals surface area contributed by atoms with Gasteiger partial charge in [0.15, 0.2) is 0 Å². The SMILES string of the molecule is CCNC(CCN(CC)CC(C)C)c1cccc(Cl)c1. The second kappa shape index (κ2) is 9.38. The number of nitrogens with zero attached hydrogens (tertiary/aromatic N) is 1. The summed E-state index contributed by atoms with van der Waals surface area (Å²) in [5.41, 5.74) is 1.29. The Morgan fingerprint density at radius 2 is 2.00 bits per heavy atom. The van der Waals surface area contributed by atoms with Gasteiger partial charge in [0.05, 0.1) is 0 Å². The summed E-state index contributed by atoms with van der Waals surface area (Å²) in [6.07, 6.45) is 1.12. The van der Waals surface area contributed by atoms with Gasteiger partial charge >= 0.3 is 0 Å². The van der Waals surface area contributed by atoms with Crippen molar-refractivity contribution in [3.8, 4) is 0 Å². The van der Waals surface area contributed by atoms with Crippen molar-refractivity contribution in [1.29, 1.82) is 0 Å². The molecule has 0 aliphatic heterocycles. The Hall–Kier alpha value is -0.570. The van der Waals surface area contributed by atoms with Crippen molar-refractivity contribution in [1.82, 2.24) is 10.2 Å². The summed E-state index contributed by atoms with van der Waals surface area (Å²) >= 11 is 6.11. The third-order valence-corrected chi connectivity index (χ3v) is 3.74. The predicted molar refractivity (Wildman–Crippen MR) is 89.4 cm³/mol. The van der Waals surface area contributed by atoms with Gasteiger partial charge in [-0.15, -0.1) is 0 Å². The largest absolute Gasteiger partial charge is 0.310 e. The van der Waals surface area contributed by atoms with Crippen LogP contribution in [-0.4, -0.2) is 31.1 Å². The average molecular weight is 297 g/mol. The lowest BCUT2D eigenvalue weighted by molar-refractivity contribution is 0.242. The minimum Gasteiger partial charge on any atom is -0.310 e. The molecule has 0 fully saturated rings. The molecule has 0 saturated heterocycles. The van der Waals surface area contributed by atoms with E-state index in [2.05, 4.69) is 50.0 Å². The van der Waals surface area contributed by atoms with Crippen LogP contribution in [0.25, 0.3) is 0 Å². The molecule has 2 nitrogen and oxygen atoms in total. The van der Waals surface area contributed by atoms with Crippen LogP contribution in [0.1, 0.15) is 45.7 Å². The van der Waals surface area contributed by atoms with Gasteiger partial charge in [-0.05, 0) is 49.7 Å². The Morgan fingerprint density at radius 3 is 2.55 bits per heavy atom. The summed E-state index contributed by atoms with van der Waals surface area (Å²) in [7, 11) is 0. The van der Waals surface area contributed by atoms with Gasteiger partial charge in [0.1, 0.15) is 0 Å². The Labute approximate surface area is 129 Å². The molecule has 0 aliphatic carbocycles. The molecule has 20 heavy (non-hydrogen) atoms. The maximum Gasteiger partial charge on any atom is 0.0409 e. The number of rotatable bonds is 9. The van der Waals surface area contributed by atoms with E-state index in [1.54, 1.807) is 0 Å². The molecule has 114 valence electrons. The zero-order chi connectivity index (χ0) is 15.0. The highest BCUT2D eigenvalue weighted by molar-refractivity contribution is 6.30. The van der Waals surface area contributed by atoms with Crippen LogP contribution in [0, 0.1) is 5.92 Å². The van der Waals surface area contributed by atoms with E-state index in [0.29, 0.717) is 6.04 Å². The highest BCUT2D eigenvalue weighted by Gasteiger charge is 2.13. The smallest absolute Gasteiger partial charge is 0.0409 e. The first-order chi connectivity index (χ1) is 9.56. The normalized spacial score (nSPS) is 13.2. The molecule has 3 heteroatoms. The van der Waals surface area contributed by atoms with Crippen LogP contribution in [0.15, 0.2) is 24.3 Å². The second-order valence-electron chi connectivity index (χ2n) is 5.74. The van der Waals surface area contributed by atoms with Crippen molar-refractivity contribution < 1.29 is 0 Å². The highest BCUT2D eigenvalue weighted by Crippen LogP contribution is 2.21. The van der Waals surface area contributed by atoms with Gasteiger partial charge in [0.2, 0.25) is 0 Å². The predicted octanol–water partition coefficient (Wildman–Crippen LogP) is 4.36. The monoisotopic (exact) mass is 296 g/mol. The molecule has 0 saturated carbocycles. The first-order valence-corrected chi connectivity index (χ1v) is 8.15. The van der Waals surface area contributed by atoms with E-state index in [1.807, 2.05) is 12.1 Å². The minimum atomic E-state index is 0.389. The van der Waals surface area contributed by atoms with Crippen LogP contribution in [0.3, 0.4) is 0 Å². The zero-order valence-corrected chi connectivity index (χ0v) is 14.1. The summed E-state index contributed by atoms with van der Waals surface area (Å²) in [6, 6.07) is 8.60. The molecule has 1 aromatic carbocycles. The Balaban J connectivity index is 2.63. The molecule has 0 heterocycles. The molecule has 0 radical (unpaired) electrons. The molecule has 1 aromatic rings. The number of hydrogen-bond acceptors (Lipinski definition) is 2. The summed E-state index contributed by atoms with van der Waals surface area (Å²) < 4.78 is 0. The summed E-state index contributed by atoms with van der Waals surface area (Å²) in [4.78, 5) is 2.53. The van der Waals surface area contributed by atoms with Crippen LogP contribution >= 0.6 is 11.6 Å². The maximum absolute atomic E-state index is 6.11. The quantitative estimate of drug-likeness (QED) is 0.728. The first-order valence-electron chi connectivity index (χ1n) is 7.78. The fourth-order valence-corrected chi connectivity index (χ4v) is 2.76. The standard InChI is InChI=1S/C17H29ClN2/c1-5-19-17(15-8-7-9-16(18)12-15)10-11-20(6-2)13-14(3)4/h7-9,12,14,17,19H,5-6,10-11,13H2,1-4H3. The third-order valence-electron chi connectivity index (χ3n) is 3.51. The topological polar surface area (TPSA) is 15.3 Å². The van der Waals surface area contributed by atoms with E-state index >= 15 is 0 Å². The van der Waals surface area contributed by atoms with Crippen molar-refractivity contribution in [2.24, 2.45) is 5.92 Å². The van der Waals surface area contributed by atoms with Gasteiger partial charge in [0.25, 0.3) is 0 Å². The van der Waals surface area contributed by atoms with Crippen molar-refractivity contribution in [2.45, 2.75) is 40.2 Å². The molecular weight excluding hydrogens is 268 g/mol. The second-order valence-corrected chi connectivity index (χ2v) is 6.18. The lowest BCUT2D eigenvalue weighted by Gasteiger charge is -2.26. The fourth-order valence-electron chi connectivity index (χ4n) is 2.56. The molecule has 0 aromatic heterocycles. The number of benzene rings is 1. The van der Waals surface area contributed by atoms with Gasteiger partial charge in [-0.2, -0.15) is 0 Å². The first kappa shape index (κ1) is 17.5. The minimum absolute atomic E-state index is 0.389. The number of nitrogens with one attached hydrogen (secondary N) is 1. The van der Waals surface area contributed by atoms with Gasteiger partial charge in [-0.25, -0.2) is 0 Å². The summed E-state index contributed by atoms with van der Waals surface area (Å²) in [6.45, 7) is 13.3.